The Morgan fingerprint density at radius 2 is 2.43 bits per heavy atom. The third kappa shape index (κ3) is 2.84. The lowest BCUT2D eigenvalue weighted by atomic mass is 10.2. The Morgan fingerprint density at radius 3 is 3.07 bits per heavy atom. The van der Waals surface area contributed by atoms with Gasteiger partial charge in [0.2, 0.25) is 0 Å². The number of rotatable bonds is 3. The first-order valence-electron chi connectivity index (χ1n) is 4.20. The molecule has 72 valence electrons. The fourth-order valence-corrected chi connectivity index (χ4v) is 1.12. The molecule has 0 aliphatic carbocycles. The standard InChI is InChI=1S/C10H10ClN3/c11-10-9(3-1-2-4-12)5-8(6-13)7-14-10/h1,3,5,7H,2,4,12H2. The zero-order chi connectivity index (χ0) is 10.4. The lowest BCUT2D eigenvalue weighted by molar-refractivity contribution is 1.01. The molecule has 0 aromatic carbocycles. The van der Waals surface area contributed by atoms with Gasteiger partial charge in [0, 0.05) is 11.8 Å². The lowest BCUT2D eigenvalue weighted by Gasteiger charge is -1.97. The molecular weight excluding hydrogens is 198 g/mol. The molecule has 0 aliphatic rings. The van der Waals surface area contributed by atoms with E-state index in [0.717, 1.165) is 12.0 Å². The second-order valence-corrected chi connectivity index (χ2v) is 3.05. The molecule has 14 heavy (non-hydrogen) atoms. The number of halogens is 1. The van der Waals surface area contributed by atoms with Crippen molar-refractivity contribution in [1.29, 1.82) is 5.26 Å². The summed E-state index contributed by atoms with van der Waals surface area (Å²) in [7, 11) is 0. The topological polar surface area (TPSA) is 62.7 Å². The Labute approximate surface area is 87.8 Å². The van der Waals surface area contributed by atoms with Gasteiger partial charge in [0.25, 0.3) is 0 Å². The number of hydrogen-bond acceptors (Lipinski definition) is 3. The first kappa shape index (κ1) is 10.7. The van der Waals surface area contributed by atoms with Crippen LogP contribution in [-0.2, 0) is 0 Å². The van der Waals surface area contributed by atoms with E-state index in [-0.39, 0.29) is 0 Å². The fraction of sp³-hybridized carbons (Fsp3) is 0.200. The van der Waals surface area contributed by atoms with E-state index in [1.54, 1.807) is 6.07 Å². The van der Waals surface area contributed by atoms with Crippen LogP contribution in [0.5, 0.6) is 0 Å². The highest BCUT2D eigenvalue weighted by Crippen LogP contribution is 2.15. The van der Waals surface area contributed by atoms with Gasteiger partial charge in [-0.1, -0.05) is 23.8 Å². The molecule has 0 fully saturated rings. The zero-order valence-electron chi connectivity index (χ0n) is 7.57. The van der Waals surface area contributed by atoms with Crippen molar-refractivity contribution in [2.75, 3.05) is 6.54 Å². The first-order valence-corrected chi connectivity index (χ1v) is 4.58. The monoisotopic (exact) mass is 207 g/mol. The van der Waals surface area contributed by atoms with E-state index in [1.165, 1.54) is 6.20 Å². The van der Waals surface area contributed by atoms with Crippen LogP contribution in [0.15, 0.2) is 18.3 Å². The molecule has 0 atom stereocenters. The molecule has 0 radical (unpaired) electrons. The minimum atomic E-state index is 0.400. The molecule has 0 unspecified atom stereocenters. The third-order valence-corrected chi connectivity index (χ3v) is 1.94. The minimum absolute atomic E-state index is 0.400. The molecule has 1 aromatic heterocycles. The molecule has 1 heterocycles. The van der Waals surface area contributed by atoms with Crippen LogP contribution in [0.2, 0.25) is 5.15 Å². The van der Waals surface area contributed by atoms with E-state index in [4.69, 9.17) is 22.6 Å². The van der Waals surface area contributed by atoms with Crippen molar-refractivity contribution in [3.8, 4) is 6.07 Å². The zero-order valence-corrected chi connectivity index (χ0v) is 8.33. The van der Waals surface area contributed by atoms with Gasteiger partial charge in [-0.15, -0.1) is 0 Å². The summed E-state index contributed by atoms with van der Waals surface area (Å²) in [6, 6.07) is 3.70. The summed E-state index contributed by atoms with van der Waals surface area (Å²) < 4.78 is 0. The van der Waals surface area contributed by atoms with Crippen molar-refractivity contribution in [2.45, 2.75) is 6.42 Å². The molecule has 0 amide bonds. The van der Waals surface area contributed by atoms with Gasteiger partial charge >= 0.3 is 0 Å². The van der Waals surface area contributed by atoms with E-state index in [9.17, 15) is 0 Å². The number of nitrogens with zero attached hydrogens (tertiary/aromatic N) is 2. The molecule has 2 N–H and O–H groups in total. The molecule has 1 aromatic rings. The largest absolute Gasteiger partial charge is 0.330 e. The highest BCUT2D eigenvalue weighted by molar-refractivity contribution is 6.30. The van der Waals surface area contributed by atoms with E-state index < -0.39 is 0 Å². The lowest BCUT2D eigenvalue weighted by Crippen LogP contribution is -1.95. The van der Waals surface area contributed by atoms with E-state index >= 15 is 0 Å². The molecule has 1 rings (SSSR count). The van der Waals surface area contributed by atoms with Crippen molar-refractivity contribution in [3.63, 3.8) is 0 Å². The summed E-state index contributed by atoms with van der Waals surface area (Å²) >= 11 is 5.83. The van der Waals surface area contributed by atoms with Crippen LogP contribution >= 0.6 is 11.6 Å². The Hall–Kier alpha value is -1.37. The second-order valence-electron chi connectivity index (χ2n) is 2.70. The molecule has 0 aliphatic heterocycles. The number of aromatic nitrogens is 1. The Bertz CT molecular complexity index is 379. The van der Waals surface area contributed by atoms with Gasteiger partial charge in [-0.3, -0.25) is 0 Å². The van der Waals surface area contributed by atoms with Crippen molar-refractivity contribution in [3.05, 3.63) is 34.6 Å². The average Bonchev–Trinajstić information content (AvgIpc) is 2.21. The second kappa shape index (κ2) is 5.38. The van der Waals surface area contributed by atoms with E-state index in [2.05, 4.69) is 4.98 Å². The minimum Gasteiger partial charge on any atom is -0.330 e. The van der Waals surface area contributed by atoms with Crippen LogP contribution in [0.3, 0.4) is 0 Å². The smallest absolute Gasteiger partial charge is 0.136 e. The van der Waals surface area contributed by atoms with E-state index in [1.807, 2.05) is 18.2 Å². The van der Waals surface area contributed by atoms with Crippen molar-refractivity contribution in [2.24, 2.45) is 5.73 Å². The highest BCUT2D eigenvalue weighted by atomic mass is 35.5. The maximum absolute atomic E-state index is 8.65. The number of pyridine rings is 1. The van der Waals surface area contributed by atoms with Gasteiger partial charge in [-0.05, 0) is 19.0 Å². The summed E-state index contributed by atoms with van der Waals surface area (Å²) in [5, 5.41) is 9.05. The molecule has 3 nitrogen and oxygen atoms in total. The van der Waals surface area contributed by atoms with Gasteiger partial charge < -0.3 is 5.73 Å². The van der Waals surface area contributed by atoms with Crippen LogP contribution in [-0.4, -0.2) is 11.5 Å². The van der Waals surface area contributed by atoms with Gasteiger partial charge in [0.05, 0.1) is 5.56 Å². The summed E-state index contributed by atoms with van der Waals surface area (Å²) in [5.41, 5.74) is 6.59. The van der Waals surface area contributed by atoms with Gasteiger partial charge in [0.1, 0.15) is 11.2 Å². The fourth-order valence-electron chi connectivity index (χ4n) is 0.950. The van der Waals surface area contributed by atoms with Crippen molar-refractivity contribution < 1.29 is 0 Å². The van der Waals surface area contributed by atoms with Gasteiger partial charge in [-0.25, -0.2) is 4.98 Å². The van der Waals surface area contributed by atoms with Crippen LogP contribution in [0.1, 0.15) is 17.5 Å². The quantitative estimate of drug-likeness (QED) is 0.771. The summed E-state index contributed by atoms with van der Waals surface area (Å²) in [6.07, 6.45) is 5.96. The normalized spacial score (nSPS) is 10.4. The summed E-state index contributed by atoms with van der Waals surface area (Å²) in [6.45, 7) is 0.597. The number of nitrogens with two attached hydrogens (primary N) is 1. The Balaban J connectivity index is 2.90. The maximum Gasteiger partial charge on any atom is 0.136 e. The SMILES string of the molecule is N#Cc1cnc(Cl)c(C=CCCN)c1. The maximum atomic E-state index is 8.65. The number of nitriles is 1. The highest BCUT2D eigenvalue weighted by Gasteiger charge is 1.99. The van der Waals surface area contributed by atoms with Crippen LogP contribution in [0, 0.1) is 11.3 Å². The average molecular weight is 208 g/mol. The van der Waals surface area contributed by atoms with Crippen molar-refractivity contribution >= 4 is 17.7 Å². The van der Waals surface area contributed by atoms with Crippen molar-refractivity contribution in [1.82, 2.24) is 4.98 Å². The molecular formula is C10H10ClN3. The van der Waals surface area contributed by atoms with Gasteiger partial charge in [0.15, 0.2) is 0 Å². The molecule has 0 spiro atoms. The molecule has 0 bridgehead atoms. The number of hydrogen-bond donors (Lipinski definition) is 1. The summed E-state index contributed by atoms with van der Waals surface area (Å²) in [5.74, 6) is 0. The Morgan fingerprint density at radius 1 is 1.64 bits per heavy atom. The molecule has 0 saturated carbocycles. The molecule has 4 heteroatoms. The predicted octanol–water partition coefficient (Wildman–Crippen LogP) is 1.97. The predicted molar refractivity (Wildman–Crippen MR) is 56.7 cm³/mol. The van der Waals surface area contributed by atoms with Crippen LogP contribution < -0.4 is 5.73 Å². The third-order valence-electron chi connectivity index (χ3n) is 1.63. The summed E-state index contributed by atoms with van der Waals surface area (Å²) in [4.78, 5) is 3.89. The van der Waals surface area contributed by atoms with Gasteiger partial charge in [-0.2, -0.15) is 5.26 Å². The Kier molecular flexibility index (Phi) is 4.11. The van der Waals surface area contributed by atoms with Crippen LogP contribution in [0.25, 0.3) is 6.08 Å². The molecule has 0 saturated heterocycles. The van der Waals surface area contributed by atoms with E-state index in [0.29, 0.717) is 17.3 Å². The first-order chi connectivity index (χ1) is 6.77. The van der Waals surface area contributed by atoms with Crippen LogP contribution in [0.4, 0.5) is 0 Å².